The van der Waals surface area contributed by atoms with Gasteiger partial charge in [0.2, 0.25) is 0 Å². The van der Waals surface area contributed by atoms with Crippen LogP contribution in [-0.2, 0) is 0 Å². The molecule has 2 aromatic carbocycles. The molecule has 0 atom stereocenters. The molecule has 5 heteroatoms. The maximum atomic E-state index is 8.99. The second-order valence-corrected chi connectivity index (χ2v) is 8.67. The molecule has 0 unspecified atom stereocenters. The summed E-state index contributed by atoms with van der Waals surface area (Å²) in [6.45, 7) is 8.89. The van der Waals surface area contributed by atoms with Gasteiger partial charge in [0.25, 0.3) is 0 Å². The minimum atomic E-state index is 0.354. The van der Waals surface area contributed by atoms with Crippen LogP contribution in [0.3, 0.4) is 0 Å². The molecule has 0 radical (unpaired) electrons. The summed E-state index contributed by atoms with van der Waals surface area (Å²) in [5, 5.41) is 12.2. The molecule has 2 nitrogen and oxygen atoms in total. The van der Waals surface area contributed by atoms with Crippen LogP contribution in [0.5, 0.6) is 11.5 Å². The van der Waals surface area contributed by atoms with Crippen LogP contribution >= 0.6 is 47.8 Å². The molecule has 0 heterocycles. The van der Waals surface area contributed by atoms with Crippen LogP contribution in [-0.4, -0.2) is 27.7 Å². The average Bonchev–Trinajstić information content (AvgIpc) is 2.55. The third-order valence-corrected chi connectivity index (χ3v) is 4.90. The largest absolute Gasteiger partial charge is 0.508 e. The Kier molecular flexibility index (Phi) is 16.1. The minimum absolute atomic E-state index is 0.354. The number of benzene rings is 2. The summed E-state index contributed by atoms with van der Waals surface area (Å²) in [5.74, 6) is 1.34. The van der Waals surface area contributed by atoms with Gasteiger partial charge in [-0.2, -0.15) is 0 Å². The van der Waals surface area contributed by atoms with Gasteiger partial charge in [0.15, 0.2) is 0 Å². The summed E-state index contributed by atoms with van der Waals surface area (Å²) < 4.78 is 5.58. The van der Waals surface area contributed by atoms with Crippen LogP contribution in [0.1, 0.15) is 35.1 Å². The summed E-state index contributed by atoms with van der Waals surface area (Å²) in [6, 6.07) is 11.8. The zero-order valence-electron chi connectivity index (χ0n) is 16.7. The van der Waals surface area contributed by atoms with Gasteiger partial charge in [0.1, 0.15) is 11.5 Å². The second-order valence-electron chi connectivity index (χ2n) is 6.29. The van der Waals surface area contributed by atoms with Crippen molar-refractivity contribution in [3.8, 4) is 11.5 Å². The molecule has 1 N–H and O–H groups in total. The van der Waals surface area contributed by atoms with E-state index < -0.39 is 0 Å². The highest BCUT2D eigenvalue weighted by Crippen LogP contribution is 2.16. The molecular formula is C22H31Br3O2. The molecule has 0 aliphatic rings. The Bertz CT molecular complexity index is 573. The number of aryl methyl sites for hydroxylation is 4. The average molecular weight is 567 g/mol. The Morgan fingerprint density at radius 1 is 0.667 bits per heavy atom. The van der Waals surface area contributed by atoms with Crippen LogP contribution < -0.4 is 4.74 Å². The van der Waals surface area contributed by atoms with Gasteiger partial charge < -0.3 is 9.84 Å². The second kappa shape index (κ2) is 16.4. The van der Waals surface area contributed by atoms with E-state index in [0.29, 0.717) is 5.75 Å². The van der Waals surface area contributed by atoms with Crippen molar-refractivity contribution in [2.24, 2.45) is 0 Å². The van der Waals surface area contributed by atoms with Gasteiger partial charge in [0, 0.05) is 16.0 Å². The maximum Gasteiger partial charge on any atom is 0.119 e. The first kappa shape index (κ1) is 26.5. The quantitative estimate of drug-likeness (QED) is 0.287. The Labute approximate surface area is 190 Å². The van der Waals surface area contributed by atoms with Gasteiger partial charge in [-0.1, -0.05) is 59.9 Å². The van der Waals surface area contributed by atoms with E-state index in [1.165, 1.54) is 17.5 Å². The van der Waals surface area contributed by atoms with Gasteiger partial charge in [-0.25, -0.2) is 0 Å². The number of alkyl halides is 3. The van der Waals surface area contributed by atoms with Crippen molar-refractivity contribution in [1.29, 1.82) is 0 Å². The number of aromatic hydroxyl groups is 1. The summed E-state index contributed by atoms with van der Waals surface area (Å²) >= 11 is 9.93. The Balaban J connectivity index is 0.000000419. The van der Waals surface area contributed by atoms with Gasteiger partial charge in [-0.3, -0.25) is 0 Å². The van der Waals surface area contributed by atoms with Crippen molar-refractivity contribution in [2.75, 3.05) is 22.6 Å². The zero-order chi connectivity index (χ0) is 20.7. The number of phenolic OH excluding ortho intramolecular Hbond substituents is 1. The fourth-order valence-corrected chi connectivity index (χ4v) is 3.80. The zero-order valence-corrected chi connectivity index (χ0v) is 21.5. The molecule has 27 heavy (non-hydrogen) atoms. The molecule has 0 saturated carbocycles. The fourth-order valence-electron chi connectivity index (χ4n) is 2.26. The Morgan fingerprint density at radius 3 is 1.41 bits per heavy atom. The molecule has 0 aliphatic carbocycles. The third kappa shape index (κ3) is 15.1. The Morgan fingerprint density at radius 2 is 1.07 bits per heavy atom. The number of hydrogen-bond acceptors (Lipinski definition) is 2. The van der Waals surface area contributed by atoms with Crippen molar-refractivity contribution in [2.45, 2.75) is 40.5 Å². The van der Waals surface area contributed by atoms with Crippen LogP contribution in [0.25, 0.3) is 0 Å². The molecule has 152 valence electrons. The van der Waals surface area contributed by atoms with E-state index in [2.05, 4.69) is 79.8 Å². The fraction of sp³-hybridized carbons (Fsp3) is 0.455. The molecule has 2 aromatic rings. The standard InChI is InChI=1S/C11H15BrO.C8H10O.C3H6Br2/c1-9-6-10(2)8-11(7-9)13-5-3-4-12;1-6-3-7(2)5-8(9)4-6;4-2-1-3-5/h6-8H,3-5H2,1-2H3;3-5,9H,1-2H3;1-3H2. The van der Waals surface area contributed by atoms with Crippen molar-refractivity contribution in [3.63, 3.8) is 0 Å². The lowest BCUT2D eigenvalue weighted by Crippen LogP contribution is -1.98. The van der Waals surface area contributed by atoms with E-state index in [1.54, 1.807) is 12.1 Å². The lowest BCUT2D eigenvalue weighted by molar-refractivity contribution is 0.318. The molecule has 0 aliphatic heterocycles. The number of ether oxygens (including phenoxy) is 1. The highest BCUT2D eigenvalue weighted by molar-refractivity contribution is 9.09. The number of rotatable bonds is 6. The van der Waals surface area contributed by atoms with E-state index in [4.69, 9.17) is 9.84 Å². The van der Waals surface area contributed by atoms with Crippen molar-refractivity contribution in [1.82, 2.24) is 0 Å². The maximum absolute atomic E-state index is 8.99. The summed E-state index contributed by atoms with van der Waals surface area (Å²) in [4.78, 5) is 0. The van der Waals surface area contributed by atoms with E-state index in [9.17, 15) is 0 Å². The Hall–Kier alpha value is -0.520. The molecule has 2 rings (SSSR count). The van der Waals surface area contributed by atoms with E-state index in [-0.39, 0.29) is 0 Å². The van der Waals surface area contributed by atoms with Crippen LogP contribution in [0.2, 0.25) is 0 Å². The minimum Gasteiger partial charge on any atom is -0.508 e. The number of hydrogen-bond donors (Lipinski definition) is 1. The first-order valence-electron chi connectivity index (χ1n) is 8.98. The van der Waals surface area contributed by atoms with E-state index >= 15 is 0 Å². The topological polar surface area (TPSA) is 29.5 Å². The summed E-state index contributed by atoms with van der Waals surface area (Å²) in [6.07, 6.45) is 2.27. The summed E-state index contributed by atoms with van der Waals surface area (Å²) in [5.41, 5.74) is 4.72. The third-order valence-electron chi connectivity index (χ3n) is 3.22. The predicted molar refractivity (Wildman–Crippen MR) is 130 cm³/mol. The van der Waals surface area contributed by atoms with Gasteiger partial charge >= 0.3 is 0 Å². The molecule has 0 saturated heterocycles. The molecule has 0 bridgehead atoms. The smallest absolute Gasteiger partial charge is 0.119 e. The SMILES string of the molecule is BrCCCBr.Cc1cc(C)cc(O)c1.Cc1cc(C)cc(OCCCBr)c1. The predicted octanol–water partition coefficient (Wildman–Crippen LogP) is 7.64. The van der Waals surface area contributed by atoms with Crippen LogP contribution in [0.4, 0.5) is 0 Å². The first-order valence-corrected chi connectivity index (χ1v) is 12.3. The molecule has 0 fully saturated rings. The molecule has 0 amide bonds. The lowest BCUT2D eigenvalue weighted by Gasteiger charge is -2.06. The van der Waals surface area contributed by atoms with Crippen molar-refractivity contribution < 1.29 is 9.84 Å². The van der Waals surface area contributed by atoms with Crippen LogP contribution in [0, 0.1) is 27.7 Å². The molecule has 0 aromatic heterocycles. The van der Waals surface area contributed by atoms with Gasteiger partial charge in [0.05, 0.1) is 6.61 Å². The summed E-state index contributed by atoms with van der Waals surface area (Å²) in [7, 11) is 0. The van der Waals surface area contributed by atoms with Crippen LogP contribution in [0.15, 0.2) is 36.4 Å². The highest BCUT2D eigenvalue weighted by Gasteiger charge is 1.95. The lowest BCUT2D eigenvalue weighted by atomic mass is 10.1. The van der Waals surface area contributed by atoms with E-state index in [1.807, 2.05) is 19.9 Å². The molecular weight excluding hydrogens is 536 g/mol. The first-order chi connectivity index (χ1) is 12.8. The monoisotopic (exact) mass is 564 g/mol. The number of halogens is 3. The normalized spacial score (nSPS) is 9.59. The highest BCUT2D eigenvalue weighted by atomic mass is 79.9. The number of phenols is 1. The van der Waals surface area contributed by atoms with Crippen molar-refractivity contribution in [3.05, 3.63) is 58.7 Å². The van der Waals surface area contributed by atoms with Gasteiger partial charge in [-0.05, 0) is 87.1 Å². The van der Waals surface area contributed by atoms with E-state index in [0.717, 1.165) is 45.9 Å². The van der Waals surface area contributed by atoms with Crippen molar-refractivity contribution >= 4 is 47.8 Å². The molecule has 0 spiro atoms. The van der Waals surface area contributed by atoms with Gasteiger partial charge in [-0.15, -0.1) is 0 Å².